The van der Waals surface area contributed by atoms with Gasteiger partial charge >= 0.3 is 0 Å². The van der Waals surface area contributed by atoms with Gasteiger partial charge in [0.15, 0.2) is 11.9 Å². The topological polar surface area (TPSA) is 71.1 Å². The molecule has 0 spiro atoms. The highest BCUT2D eigenvalue weighted by atomic mass is 35.5. The Morgan fingerprint density at radius 3 is 3.00 bits per heavy atom. The van der Waals surface area contributed by atoms with E-state index in [0.717, 1.165) is 81.0 Å². The van der Waals surface area contributed by atoms with Gasteiger partial charge in [-0.15, -0.1) is 11.3 Å². The number of aliphatic hydroxyl groups is 1. The molecule has 33 heavy (non-hydrogen) atoms. The van der Waals surface area contributed by atoms with Gasteiger partial charge in [-0.1, -0.05) is 29.8 Å². The van der Waals surface area contributed by atoms with Gasteiger partial charge in [0.25, 0.3) is 0 Å². The molecule has 1 aromatic carbocycles. The molecule has 8 heteroatoms. The summed E-state index contributed by atoms with van der Waals surface area (Å²) in [4.78, 5) is 8.33. The van der Waals surface area contributed by atoms with Crippen molar-refractivity contribution < 1.29 is 14.4 Å². The number of hydrogen-bond acceptors (Lipinski definition) is 7. The molecule has 2 aromatic heterocycles. The molecule has 6 nitrogen and oxygen atoms in total. The van der Waals surface area contributed by atoms with Crippen molar-refractivity contribution in [2.45, 2.75) is 45.9 Å². The summed E-state index contributed by atoms with van der Waals surface area (Å²) < 4.78 is 12.4. The molecule has 0 aliphatic carbocycles. The van der Waals surface area contributed by atoms with Crippen molar-refractivity contribution in [1.82, 2.24) is 10.1 Å². The Labute approximate surface area is 202 Å². The Morgan fingerprint density at radius 1 is 1.42 bits per heavy atom. The molecule has 172 valence electrons. The Bertz CT molecular complexity index is 1250. The van der Waals surface area contributed by atoms with Crippen LogP contribution < -0.4 is 4.74 Å². The highest BCUT2D eigenvalue weighted by Crippen LogP contribution is 2.48. The van der Waals surface area contributed by atoms with E-state index in [-0.39, 0.29) is 12.7 Å². The smallest absolute Gasteiger partial charge is 0.182 e. The van der Waals surface area contributed by atoms with Gasteiger partial charge < -0.3 is 14.4 Å². The summed E-state index contributed by atoms with van der Waals surface area (Å²) in [7, 11) is 0. The fourth-order valence-corrected chi connectivity index (χ4v) is 6.01. The van der Waals surface area contributed by atoms with Crippen molar-refractivity contribution in [2.75, 3.05) is 13.1 Å². The molecular weight excluding hydrogens is 458 g/mol. The first kappa shape index (κ1) is 22.3. The predicted molar refractivity (Wildman–Crippen MR) is 132 cm³/mol. The first-order valence-electron chi connectivity index (χ1n) is 11.1. The van der Waals surface area contributed by atoms with E-state index in [4.69, 9.17) is 20.9 Å². The average Bonchev–Trinajstić information content (AvgIpc) is 3.54. The molecule has 4 heterocycles. The number of ether oxygens (including phenoxy) is 1. The summed E-state index contributed by atoms with van der Waals surface area (Å²) in [6.07, 6.45) is 3.36. The van der Waals surface area contributed by atoms with Crippen molar-refractivity contribution in [3.63, 3.8) is 0 Å². The zero-order valence-electron chi connectivity index (χ0n) is 18.7. The van der Waals surface area contributed by atoms with Crippen LogP contribution in [0.2, 0.25) is 5.02 Å². The molecule has 0 saturated carbocycles. The summed E-state index contributed by atoms with van der Waals surface area (Å²) >= 11 is 8.05. The van der Waals surface area contributed by atoms with E-state index in [2.05, 4.69) is 28.7 Å². The zero-order chi connectivity index (χ0) is 23.1. The SMILES string of the molecule is C=Nc1cc(CO)sc1/C(=C\C)c1cc(Cl)cc2c1OC(c1onc3c1CN(CC)CC3)C2. The first-order valence-corrected chi connectivity index (χ1v) is 12.3. The molecule has 0 amide bonds. The summed E-state index contributed by atoms with van der Waals surface area (Å²) in [5, 5.41) is 14.6. The van der Waals surface area contributed by atoms with Gasteiger partial charge in [0.1, 0.15) is 5.75 Å². The number of hydrogen-bond donors (Lipinski definition) is 1. The van der Waals surface area contributed by atoms with Crippen molar-refractivity contribution in [2.24, 2.45) is 4.99 Å². The van der Waals surface area contributed by atoms with Gasteiger partial charge in [-0.05, 0) is 38.4 Å². The Hall–Kier alpha value is -2.45. The summed E-state index contributed by atoms with van der Waals surface area (Å²) in [5.41, 5.74) is 5.84. The summed E-state index contributed by atoms with van der Waals surface area (Å²) in [5.74, 6) is 1.62. The van der Waals surface area contributed by atoms with E-state index in [1.165, 1.54) is 11.3 Å². The van der Waals surface area contributed by atoms with Gasteiger partial charge in [-0.25, -0.2) is 0 Å². The number of allylic oxidation sites excluding steroid dienone is 1. The number of nitrogens with zero attached hydrogens (tertiary/aromatic N) is 3. The molecule has 1 unspecified atom stereocenters. The number of benzene rings is 1. The Morgan fingerprint density at radius 2 is 2.27 bits per heavy atom. The molecular formula is C25H26ClN3O3S. The van der Waals surface area contributed by atoms with Gasteiger partial charge in [-0.3, -0.25) is 9.89 Å². The molecule has 0 bridgehead atoms. The molecule has 0 radical (unpaired) electrons. The van der Waals surface area contributed by atoms with Crippen molar-refractivity contribution in [3.8, 4) is 5.75 Å². The summed E-state index contributed by atoms with van der Waals surface area (Å²) in [6, 6.07) is 5.76. The lowest BCUT2D eigenvalue weighted by Crippen LogP contribution is -2.30. The van der Waals surface area contributed by atoms with Crippen LogP contribution in [-0.4, -0.2) is 35.0 Å². The largest absolute Gasteiger partial charge is 0.481 e. The fraction of sp³-hybridized carbons (Fsp3) is 0.360. The lowest BCUT2D eigenvalue weighted by Gasteiger charge is -2.25. The monoisotopic (exact) mass is 483 g/mol. The number of aromatic nitrogens is 1. The maximum absolute atomic E-state index is 9.63. The first-order chi connectivity index (χ1) is 16.1. The number of likely N-dealkylation sites (N-methyl/N-ethyl adjacent to an activating group) is 1. The number of thiophene rings is 1. The second kappa shape index (κ2) is 9.06. The van der Waals surface area contributed by atoms with Gasteiger partial charge in [0.2, 0.25) is 0 Å². The van der Waals surface area contributed by atoms with Crippen molar-refractivity contribution >= 4 is 40.9 Å². The predicted octanol–water partition coefficient (Wildman–Crippen LogP) is 5.72. The fourth-order valence-electron chi connectivity index (χ4n) is 4.71. The number of fused-ring (bicyclic) bond motifs is 2. The highest BCUT2D eigenvalue weighted by Gasteiger charge is 2.35. The number of rotatable bonds is 6. The minimum Gasteiger partial charge on any atom is -0.481 e. The number of aliphatic hydroxyl groups excluding tert-OH is 1. The van der Waals surface area contributed by atoms with Crippen LogP contribution in [0.25, 0.3) is 5.57 Å². The van der Waals surface area contributed by atoms with E-state index in [1.54, 1.807) is 0 Å². The van der Waals surface area contributed by atoms with E-state index < -0.39 is 0 Å². The lowest BCUT2D eigenvalue weighted by atomic mass is 9.97. The molecule has 2 aliphatic heterocycles. The zero-order valence-corrected chi connectivity index (χ0v) is 20.3. The van der Waals surface area contributed by atoms with Crippen LogP contribution in [0, 0.1) is 0 Å². The van der Waals surface area contributed by atoms with Crippen molar-refractivity contribution in [3.05, 3.63) is 67.2 Å². The normalized spacial score (nSPS) is 18.2. The van der Waals surface area contributed by atoms with Crippen LogP contribution in [0.15, 0.2) is 33.8 Å². The molecule has 5 rings (SSSR count). The number of aliphatic imine (C=N–C) groups is 1. The molecule has 2 aliphatic rings. The molecule has 1 atom stereocenters. The standard InChI is InChI=1S/C25H26ClN3O3S/c1-4-17(25-21(27-3)11-16(13-30)33-25)18-10-15(26)8-14-9-22(31-23(14)18)24-19-12-29(5-2)7-6-20(19)28-32-24/h4,8,10-11,22,30H,3,5-7,9,12-13H2,1-2H3/b17-4-. The molecule has 0 fully saturated rings. The third-order valence-electron chi connectivity index (χ3n) is 6.40. The van der Waals surface area contributed by atoms with Crippen molar-refractivity contribution in [1.29, 1.82) is 0 Å². The molecule has 0 saturated heterocycles. The maximum Gasteiger partial charge on any atom is 0.182 e. The molecule has 1 N–H and O–H groups in total. The second-order valence-corrected chi connectivity index (χ2v) is 9.86. The van der Waals surface area contributed by atoms with E-state index in [1.807, 2.05) is 31.2 Å². The Kier molecular flexibility index (Phi) is 6.14. The number of halogens is 1. The maximum atomic E-state index is 9.63. The highest BCUT2D eigenvalue weighted by molar-refractivity contribution is 7.13. The lowest BCUT2D eigenvalue weighted by molar-refractivity contribution is 0.185. The van der Waals surface area contributed by atoms with Crippen LogP contribution in [-0.2, 0) is 26.0 Å². The van der Waals surface area contributed by atoms with Gasteiger partial charge in [0.05, 0.1) is 22.9 Å². The molecule has 3 aromatic rings. The quantitative estimate of drug-likeness (QED) is 0.454. The summed E-state index contributed by atoms with van der Waals surface area (Å²) in [6.45, 7) is 10.7. The van der Waals surface area contributed by atoms with Crippen LogP contribution in [0.3, 0.4) is 0 Å². The van der Waals surface area contributed by atoms with Crippen LogP contribution in [0.1, 0.15) is 57.9 Å². The third kappa shape index (κ3) is 3.93. The van der Waals surface area contributed by atoms with E-state index >= 15 is 0 Å². The van der Waals surface area contributed by atoms with E-state index in [0.29, 0.717) is 11.4 Å². The average molecular weight is 484 g/mol. The van der Waals surface area contributed by atoms with Crippen LogP contribution in [0.5, 0.6) is 5.75 Å². The van der Waals surface area contributed by atoms with Crippen LogP contribution in [0.4, 0.5) is 5.69 Å². The third-order valence-corrected chi connectivity index (χ3v) is 7.76. The minimum atomic E-state index is -0.239. The second-order valence-electron chi connectivity index (χ2n) is 8.29. The van der Waals surface area contributed by atoms with Gasteiger partial charge in [0, 0.05) is 58.1 Å². The van der Waals surface area contributed by atoms with Gasteiger partial charge in [-0.2, -0.15) is 0 Å². The Balaban J connectivity index is 1.53. The van der Waals surface area contributed by atoms with E-state index in [9.17, 15) is 5.11 Å². The minimum absolute atomic E-state index is 0.0399. The van der Waals surface area contributed by atoms with Crippen LogP contribution >= 0.6 is 22.9 Å².